The molecule has 0 N–H and O–H groups in total. The Hall–Kier alpha value is -1.31. The molecule has 6 aliphatic heterocycles. The van der Waals surface area contributed by atoms with Gasteiger partial charge in [-0.15, -0.1) is 0 Å². The summed E-state index contributed by atoms with van der Waals surface area (Å²) < 4.78 is 195. The molecule has 0 aromatic heterocycles. The minimum Gasteiger partial charge on any atom is -0.374 e. The molecule has 67 heavy (non-hydrogen) atoms. The van der Waals surface area contributed by atoms with Gasteiger partial charge in [0, 0.05) is 11.2 Å². The van der Waals surface area contributed by atoms with Crippen LogP contribution in [0, 0.1) is 0 Å². The van der Waals surface area contributed by atoms with Crippen molar-refractivity contribution in [2.75, 3.05) is 85.7 Å². The van der Waals surface area contributed by atoms with E-state index in [1.165, 1.54) is 12.3 Å². The van der Waals surface area contributed by atoms with Gasteiger partial charge in [0.15, 0.2) is 11.9 Å². The van der Waals surface area contributed by atoms with Gasteiger partial charge in [-0.2, -0.15) is 33.7 Å². The molecule has 0 aliphatic carbocycles. The summed E-state index contributed by atoms with van der Waals surface area (Å²) >= 11 is 0. The number of carbonyl (C=O) groups is 1. The number of rotatable bonds is 9. The van der Waals surface area contributed by atoms with E-state index in [0.717, 1.165) is 44.8 Å². The average molecular weight is 1150 g/mol. The van der Waals surface area contributed by atoms with E-state index in [1.54, 1.807) is 6.08 Å². The predicted molar refractivity (Wildman–Crippen MR) is 261 cm³/mol. The van der Waals surface area contributed by atoms with E-state index in [9.17, 15) is 68.1 Å². The first-order valence-corrected chi connectivity index (χ1v) is 35.5. The van der Waals surface area contributed by atoms with Crippen molar-refractivity contribution in [3.63, 3.8) is 0 Å². The molecular formula is C34H67FO23S9. The topological polar surface area (TPSA) is 330 Å². The van der Waals surface area contributed by atoms with Gasteiger partial charge >= 0.3 is 5.97 Å². The van der Waals surface area contributed by atoms with Gasteiger partial charge in [0.25, 0.3) is 40.5 Å². The molecule has 6 heterocycles. The highest BCUT2D eigenvalue weighted by Crippen LogP contribution is 2.11. The standard InChI is InChI=1S/C7H16O3S.C5H10O2S.C4H9FO3S.C4H6O3S.C4H8O2S.C4H6O2S.C3H6O5S2.C3H6O3S/c1-3-5-7-11(8,9)10-6-4-2;6-8(7)4-2-1-3-5-8;1-4(5)3-8-9(2,6)7;1-8(6)3-2-4(5)7-8;2*1-7(5)4-2-3-6-7;1-9(4)3-10(5,6)8-2-7-9;4-7(5)3-1-2-6-7/h3-7H2,1-2H3;1-5H2;4H,3H2,1-2H3;1-3H2;1-4H2;2,4H,1,3H2;1-3H2;1-3H2. The predicted octanol–water partition coefficient (Wildman–Crippen LogP) is 0.859. The lowest BCUT2D eigenvalue weighted by Crippen LogP contribution is -2.28. The van der Waals surface area contributed by atoms with Crippen LogP contribution in [0.4, 0.5) is 4.39 Å². The van der Waals surface area contributed by atoms with Crippen LogP contribution in [-0.4, -0.2) is 180 Å². The Morgan fingerprint density at radius 2 is 1.27 bits per heavy atom. The zero-order chi connectivity index (χ0) is 52.3. The molecule has 0 radical (unpaired) electrons. The van der Waals surface area contributed by atoms with Gasteiger partial charge in [-0.3, -0.25) is 29.9 Å². The van der Waals surface area contributed by atoms with Gasteiger partial charge < -0.3 is 4.18 Å². The van der Waals surface area contributed by atoms with E-state index >= 15 is 0 Å². The fraction of sp³-hybridized carbons (Fsp3) is 0.794. The van der Waals surface area contributed by atoms with Crippen molar-refractivity contribution in [3.05, 3.63) is 11.5 Å². The first-order chi connectivity index (χ1) is 30.4. The van der Waals surface area contributed by atoms with Crippen molar-refractivity contribution in [3.8, 4) is 0 Å². The van der Waals surface area contributed by atoms with Crippen LogP contribution >= 0.6 is 0 Å². The summed E-state index contributed by atoms with van der Waals surface area (Å²) in [5.74, 6) is 14.7. The Morgan fingerprint density at radius 1 is 0.687 bits per heavy atom. The molecule has 6 rings (SSSR count). The second kappa shape index (κ2) is 31.9. The smallest absolute Gasteiger partial charge is 0.320 e. The molecule has 0 aromatic carbocycles. The Morgan fingerprint density at radius 3 is 1.49 bits per heavy atom. The Labute approximate surface area is 399 Å². The van der Waals surface area contributed by atoms with Gasteiger partial charge in [-0.25, -0.2) is 33.8 Å². The molecule has 5 saturated heterocycles. The number of carbonyl (C=O) groups excluding carboxylic acids is 1. The number of halogens is 1. The third kappa shape index (κ3) is 43.2. The van der Waals surface area contributed by atoms with Crippen molar-refractivity contribution in [1.82, 2.24) is 0 Å². The van der Waals surface area contributed by atoms with E-state index in [0.29, 0.717) is 56.5 Å². The lowest BCUT2D eigenvalue weighted by Gasteiger charge is -2.15. The minimum atomic E-state index is -3.65. The van der Waals surface area contributed by atoms with E-state index in [1.807, 2.05) is 13.8 Å². The SMILES string of the molecule is C=S1(=O)C=CCO1.C=S1(=O)CCC(=O)O1.C=S1(=O)CCCO1.C=S1(=O)CS(=O)(=O)OCO1.CC(F)COS(C)(=O)=O.CCCCS(=O)(=O)OCCC.O=S1(=O)CCCCC1.O=S1(=O)CCCO1. The highest BCUT2D eigenvalue weighted by molar-refractivity contribution is 8.08. The summed E-state index contributed by atoms with van der Waals surface area (Å²) in [5, 5.41) is 0.840. The molecule has 0 spiro atoms. The lowest BCUT2D eigenvalue weighted by molar-refractivity contribution is -0.131. The van der Waals surface area contributed by atoms with E-state index in [2.05, 4.69) is 52.8 Å². The summed E-state index contributed by atoms with van der Waals surface area (Å²) in [6, 6.07) is 0. The third-order valence-corrected chi connectivity index (χ3v) is 19.7. The average Bonchev–Trinajstić information content (AvgIpc) is 3.97. The maximum atomic E-state index is 11.8. The third-order valence-electron chi connectivity index (χ3n) is 7.18. The zero-order valence-corrected chi connectivity index (χ0v) is 45.4. The maximum Gasteiger partial charge on any atom is 0.320 e. The summed E-state index contributed by atoms with van der Waals surface area (Å²) in [6.07, 6.45) is 8.33. The van der Waals surface area contributed by atoms with Crippen molar-refractivity contribution in [2.45, 2.75) is 84.7 Å². The van der Waals surface area contributed by atoms with Crippen molar-refractivity contribution in [1.29, 1.82) is 0 Å². The lowest BCUT2D eigenvalue weighted by atomic mass is 10.3. The van der Waals surface area contributed by atoms with Crippen LogP contribution < -0.4 is 0 Å². The summed E-state index contributed by atoms with van der Waals surface area (Å²) in [6.45, 7) is 5.94. The monoisotopic (exact) mass is 1150 g/mol. The molecule has 5 atom stereocenters. The molecule has 0 amide bonds. The number of hydrogen-bond acceptors (Lipinski definition) is 23. The van der Waals surface area contributed by atoms with E-state index < -0.39 is 120 Å². The van der Waals surface area contributed by atoms with Crippen LogP contribution in [0.1, 0.15) is 78.6 Å². The van der Waals surface area contributed by atoms with Crippen molar-refractivity contribution < 1.29 is 102 Å². The normalized spacial score (nSPS) is 29.0. The molecule has 23 nitrogen and oxygen atoms in total. The highest BCUT2D eigenvalue weighted by Gasteiger charge is 2.25. The summed E-state index contributed by atoms with van der Waals surface area (Å²) in [5.41, 5.74) is 0. The van der Waals surface area contributed by atoms with Crippen LogP contribution in [0.15, 0.2) is 11.5 Å². The molecule has 0 saturated carbocycles. The van der Waals surface area contributed by atoms with Crippen LogP contribution in [0.25, 0.3) is 0 Å². The quantitative estimate of drug-likeness (QED) is 0.228. The number of hydrogen-bond donors (Lipinski definition) is 0. The molecule has 402 valence electrons. The molecule has 5 fully saturated rings. The van der Waals surface area contributed by atoms with Gasteiger partial charge in [0.05, 0.1) is 104 Å². The zero-order valence-electron chi connectivity index (χ0n) is 38.1. The van der Waals surface area contributed by atoms with Gasteiger partial charge in [0.1, 0.15) is 25.8 Å². The van der Waals surface area contributed by atoms with E-state index in [4.69, 9.17) is 4.18 Å². The highest BCUT2D eigenvalue weighted by atomic mass is 32.3. The molecule has 0 bridgehead atoms. The van der Waals surface area contributed by atoms with E-state index in [-0.39, 0.29) is 23.7 Å². The molecular weight excluding hydrogens is 1080 g/mol. The first-order valence-electron chi connectivity index (χ1n) is 19.9. The summed E-state index contributed by atoms with van der Waals surface area (Å²) in [4.78, 5) is 10.2. The second-order valence-corrected chi connectivity index (χ2v) is 31.7. The van der Waals surface area contributed by atoms with Crippen LogP contribution in [0.3, 0.4) is 0 Å². The first kappa shape index (κ1) is 67.8. The second-order valence-electron chi connectivity index (χ2n) is 14.2. The molecule has 5 unspecified atom stereocenters. The van der Waals surface area contributed by atoms with Crippen molar-refractivity contribution >= 4 is 119 Å². The maximum absolute atomic E-state index is 11.8. The minimum absolute atomic E-state index is 0.156. The fourth-order valence-corrected chi connectivity index (χ4v) is 13.8. The molecule has 6 aliphatic rings. The Kier molecular flexibility index (Phi) is 32.3. The van der Waals surface area contributed by atoms with Crippen LogP contribution in [0.2, 0.25) is 0 Å². The largest absolute Gasteiger partial charge is 0.374 e. The Balaban J connectivity index is 0. The van der Waals surface area contributed by atoms with Crippen molar-refractivity contribution in [2.24, 2.45) is 0 Å². The van der Waals surface area contributed by atoms with Gasteiger partial charge in [0.2, 0.25) is 0 Å². The van der Waals surface area contributed by atoms with Crippen LogP contribution in [0.5, 0.6) is 0 Å². The number of sulfone groups is 1. The number of unbranched alkanes of at least 4 members (excludes halogenated alkanes) is 1. The molecule has 33 heteroatoms. The summed E-state index contributed by atoms with van der Waals surface area (Å²) in [7, 11) is -25.6. The van der Waals surface area contributed by atoms with Crippen LogP contribution in [-0.2, 0) is 128 Å². The fourth-order valence-electron chi connectivity index (χ4n) is 4.10. The number of alkyl halides is 1. The molecule has 0 aromatic rings. The van der Waals surface area contributed by atoms with Gasteiger partial charge in [-0.1, -0.05) is 26.7 Å². The van der Waals surface area contributed by atoms with Gasteiger partial charge in [-0.05, 0) is 75.0 Å². The Bertz CT molecular complexity index is 2420.